The van der Waals surface area contributed by atoms with E-state index < -0.39 is 0 Å². The number of rotatable bonds is 6. The van der Waals surface area contributed by atoms with Crippen molar-refractivity contribution in [2.45, 2.75) is 25.8 Å². The molecule has 0 saturated carbocycles. The third-order valence-corrected chi connectivity index (χ3v) is 1.96. The summed E-state index contributed by atoms with van der Waals surface area (Å²) in [5.41, 5.74) is 0. The van der Waals surface area contributed by atoms with Crippen LogP contribution in [0, 0.1) is 0 Å². The minimum atomic E-state index is -0.252. The van der Waals surface area contributed by atoms with E-state index in [4.69, 9.17) is 14.0 Å². The molecule has 1 aromatic heterocycles. The highest BCUT2D eigenvalue weighted by Gasteiger charge is 2.15. The molecule has 0 aliphatic heterocycles. The van der Waals surface area contributed by atoms with Crippen molar-refractivity contribution >= 4 is 0 Å². The van der Waals surface area contributed by atoms with Crippen LogP contribution in [0.1, 0.15) is 12.7 Å². The molecular weight excluding hydrogens is 184 g/mol. The van der Waals surface area contributed by atoms with Gasteiger partial charge in [-0.25, -0.2) is 0 Å². The van der Waals surface area contributed by atoms with Crippen LogP contribution in [0.15, 0.2) is 16.8 Å². The third-order valence-electron chi connectivity index (χ3n) is 1.96. The Kier molecular flexibility index (Phi) is 4.58. The Morgan fingerprint density at radius 1 is 1.50 bits per heavy atom. The third kappa shape index (κ3) is 3.10. The Hall–Kier alpha value is -0.910. The van der Waals surface area contributed by atoms with Crippen LogP contribution in [0.2, 0.25) is 0 Å². The summed E-state index contributed by atoms with van der Waals surface area (Å²) in [6.07, 6.45) is 1.36. The molecule has 0 radical (unpaired) electrons. The van der Waals surface area contributed by atoms with E-state index in [1.807, 2.05) is 13.0 Å². The molecule has 1 unspecified atom stereocenters. The van der Waals surface area contributed by atoms with Crippen LogP contribution in [-0.4, -0.2) is 31.7 Å². The second kappa shape index (κ2) is 5.74. The quantitative estimate of drug-likeness (QED) is 0.687. The summed E-state index contributed by atoms with van der Waals surface area (Å²) in [7, 11) is 3.22. The molecule has 1 heterocycles. The molecule has 0 saturated heterocycles. The van der Waals surface area contributed by atoms with Gasteiger partial charge in [-0.2, -0.15) is 0 Å². The Morgan fingerprint density at radius 3 is 2.71 bits per heavy atom. The second-order valence-corrected chi connectivity index (χ2v) is 2.99. The van der Waals surface area contributed by atoms with Gasteiger partial charge in [0.1, 0.15) is 5.76 Å². The van der Waals surface area contributed by atoms with Gasteiger partial charge in [0.25, 0.3) is 0 Å². The second-order valence-electron chi connectivity index (χ2n) is 2.99. The first-order chi connectivity index (χ1) is 6.77. The summed E-state index contributed by atoms with van der Waals surface area (Å²) in [6, 6.07) is 1.91. The fourth-order valence-corrected chi connectivity index (χ4v) is 1.20. The number of nitrogens with one attached hydrogen (secondary N) is 1. The lowest BCUT2D eigenvalue weighted by Crippen LogP contribution is -2.39. The summed E-state index contributed by atoms with van der Waals surface area (Å²) < 4.78 is 15.1. The Bertz CT molecular complexity index is 234. The van der Waals surface area contributed by atoms with E-state index >= 15 is 0 Å². The SMILES string of the molecule is COC(OC)C(C)NCc1ccno1. The Balaban J connectivity index is 2.30. The maximum Gasteiger partial charge on any atom is 0.171 e. The lowest BCUT2D eigenvalue weighted by molar-refractivity contribution is -0.119. The van der Waals surface area contributed by atoms with Gasteiger partial charge in [0.15, 0.2) is 6.29 Å². The molecule has 0 aromatic carbocycles. The van der Waals surface area contributed by atoms with Crippen molar-refractivity contribution in [3.8, 4) is 0 Å². The van der Waals surface area contributed by atoms with Crippen molar-refractivity contribution in [3.63, 3.8) is 0 Å². The lowest BCUT2D eigenvalue weighted by Gasteiger charge is -2.21. The van der Waals surface area contributed by atoms with Gasteiger partial charge in [-0.3, -0.25) is 0 Å². The van der Waals surface area contributed by atoms with Gasteiger partial charge < -0.3 is 19.3 Å². The molecular formula is C9H16N2O3. The smallest absolute Gasteiger partial charge is 0.171 e. The minimum absolute atomic E-state index is 0.0927. The summed E-state index contributed by atoms with van der Waals surface area (Å²) in [6.45, 7) is 2.60. The van der Waals surface area contributed by atoms with E-state index in [9.17, 15) is 0 Å². The van der Waals surface area contributed by atoms with Crippen LogP contribution in [0.3, 0.4) is 0 Å². The molecule has 0 aliphatic rings. The number of hydrogen-bond acceptors (Lipinski definition) is 5. The van der Waals surface area contributed by atoms with E-state index in [1.54, 1.807) is 20.4 Å². The Morgan fingerprint density at radius 2 is 2.21 bits per heavy atom. The predicted octanol–water partition coefficient (Wildman–Crippen LogP) is 0.772. The summed E-state index contributed by atoms with van der Waals surface area (Å²) >= 11 is 0. The molecule has 0 fully saturated rings. The average Bonchev–Trinajstić information content (AvgIpc) is 2.69. The highest BCUT2D eigenvalue weighted by Crippen LogP contribution is 2.01. The van der Waals surface area contributed by atoms with Gasteiger partial charge in [0.2, 0.25) is 0 Å². The molecule has 5 nitrogen and oxygen atoms in total. The highest BCUT2D eigenvalue weighted by molar-refractivity contribution is 4.92. The minimum Gasteiger partial charge on any atom is -0.360 e. The maximum absolute atomic E-state index is 5.10. The fourth-order valence-electron chi connectivity index (χ4n) is 1.20. The summed E-state index contributed by atoms with van der Waals surface area (Å²) in [5, 5.41) is 6.81. The van der Waals surface area contributed by atoms with Crippen LogP contribution in [0.5, 0.6) is 0 Å². The van der Waals surface area contributed by atoms with E-state index in [0.29, 0.717) is 6.54 Å². The molecule has 1 atom stereocenters. The number of nitrogens with zero attached hydrogens (tertiary/aromatic N) is 1. The summed E-state index contributed by atoms with van der Waals surface area (Å²) in [4.78, 5) is 0. The van der Waals surface area contributed by atoms with Crippen molar-refractivity contribution in [1.82, 2.24) is 10.5 Å². The first kappa shape index (κ1) is 11.2. The Labute approximate surface area is 83.4 Å². The predicted molar refractivity (Wildman–Crippen MR) is 50.6 cm³/mol. The summed E-state index contributed by atoms with van der Waals surface area (Å²) in [5.74, 6) is 0.794. The van der Waals surface area contributed by atoms with Gasteiger partial charge in [-0.05, 0) is 6.92 Å². The van der Waals surface area contributed by atoms with Crippen LogP contribution < -0.4 is 5.32 Å². The number of methoxy groups -OCH3 is 2. The van der Waals surface area contributed by atoms with Crippen LogP contribution in [0.4, 0.5) is 0 Å². The molecule has 0 spiro atoms. The van der Waals surface area contributed by atoms with Gasteiger partial charge >= 0.3 is 0 Å². The van der Waals surface area contributed by atoms with Crippen LogP contribution in [-0.2, 0) is 16.0 Å². The van der Waals surface area contributed by atoms with E-state index in [0.717, 1.165) is 5.76 Å². The zero-order valence-electron chi connectivity index (χ0n) is 8.69. The first-order valence-electron chi connectivity index (χ1n) is 4.46. The van der Waals surface area contributed by atoms with Crippen molar-refractivity contribution < 1.29 is 14.0 Å². The molecule has 0 aliphatic carbocycles. The highest BCUT2D eigenvalue weighted by atomic mass is 16.7. The van der Waals surface area contributed by atoms with E-state index in [-0.39, 0.29) is 12.3 Å². The number of hydrogen-bond donors (Lipinski definition) is 1. The van der Waals surface area contributed by atoms with Crippen molar-refractivity contribution in [1.29, 1.82) is 0 Å². The monoisotopic (exact) mass is 200 g/mol. The van der Waals surface area contributed by atoms with Crippen molar-refractivity contribution in [3.05, 3.63) is 18.0 Å². The van der Waals surface area contributed by atoms with Crippen molar-refractivity contribution in [2.75, 3.05) is 14.2 Å². The standard InChI is InChI=1S/C9H16N2O3/c1-7(9(12-2)13-3)10-6-8-4-5-11-14-8/h4-5,7,9-10H,6H2,1-3H3. The van der Waals surface area contributed by atoms with Gasteiger partial charge in [-0.15, -0.1) is 0 Å². The molecule has 14 heavy (non-hydrogen) atoms. The molecule has 80 valence electrons. The molecule has 1 aromatic rings. The van der Waals surface area contributed by atoms with Gasteiger partial charge in [0.05, 0.1) is 18.8 Å². The fraction of sp³-hybridized carbons (Fsp3) is 0.667. The zero-order chi connectivity index (χ0) is 10.4. The molecule has 0 bridgehead atoms. The van der Waals surface area contributed by atoms with Crippen molar-refractivity contribution in [2.24, 2.45) is 0 Å². The lowest BCUT2D eigenvalue weighted by atomic mass is 10.3. The maximum atomic E-state index is 5.10. The topological polar surface area (TPSA) is 56.5 Å². The zero-order valence-corrected chi connectivity index (χ0v) is 8.69. The van der Waals surface area contributed by atoms with Gasteiger partial charge in [0, 0.05) is 20.3 Å². The molecule has 1 rings (SSSR count). The molecule has 1 N–H and O–H groups in total. The number of aromatic nitrogens is 1. The van der Waals surface area contributed by atoms with Gasteiger partial charge in [-0.1, -0.05) is 5.16 Å². The van der Waals surface area contributed by atoms with Crippen LogP contribution in [0.25, 0.3) is 0 Å². The van der Waals surface area contributed by atoms with Crippen LogP contribution >= 0.6 is 0 Å². The average molecular weight is 200 g/mol. The normalized spacial score (nSPS) is 13.4. The van der Waals surface area contributed by atoms with E-state index in [1.165, 1.54) is 0 Å². The molecule has 0 amide bonds. The number of ether oxygens (including phenoxy) is 2. The first-order valence-corrected chi connectivity index (χ1v) is 4.46. The van der Waals surface area contributed by atoms with E-state index in [2.05, 4.69) is 10.5 Å². The largest absolute Gasteiger partial charge is 0.360 e. The molecule has 5 heteroatoms.